The monoisotopic (exact) mass is 440 g/mol. The van der Waals surface area contributed by atoms with Crippen molar-refractivity contribution in [1.82, 2.24) is 10.2 Å². The van der Waals surface area contributed by atoms with E-state index in [-0.39, 0.29) is 11.8 Å². The first-order chi connectivity index (χ1) is 15.1. The number of likely N-dealkylation sites (tertiary alicyclic amines) is 1. The molecule has 1 aromatic carbocycles. The third-order valence-electron chi connectivity index (χ3n) is 6.70. The van der Waals surface area contributed by atoms with Gasteiger partial charge in [-0.3, -0.25) is 9.59 Å². The molecule has 0 bridgehead atoms. The molecule has 31 heavy (non-hydrogen) atoms. The van der Waals surface area contributed by atoms with Gasteiger partial charge in [-0.25, -0.2) is 0 Å². The number of carbonyl (C=O) groups excluding carboxylic acids is 2. The van der Waals surface area contributed by atoms with Gasteiger partial charge in [-0.05, 0) is 67.5 Å². The summed E-state index contributed by atoms with van der Waals surface area (Å²) in [6.07, 6.45) is 10.6. The normalized spacial score (nSPS) is 19.1. The Morgan fingerprint density at radius 1 is 1.13 bits per heavy atom. The molecule has 164 valence electrons. The highest BCUT2D eigenvalue weighted by Crippen LogP contribution is 2.41. The van der Waals surface area contributed by atoms with E-state index in [4.69, 9.17) is 16.0 Å². The highest BCUT2D eigenvalue weighted by atomic mass is 35.5. The lowest BCUT2D eigenvalue weighted by Gasteiger charge is -2.33. The number of rotatable bonds is 6. The van der Waals surface area contributed by atoms with Gasteiger partial charge in [0.1, 0.15) is 5.76 Å². The number of nitrogens with zero attached hydrogens (tertiary/aromatic N) is 1. The van der Waals surface area contributed by atoms with E-state index in [2.05, 4.69) is 5.32 Å². The van der Waals surface area contributed by atoms with Crippen molar-refractivity contribution in [1.29, 1.82) is 0 Å². The number of piperidine rings is 1. The minimum Gasteiger partial charge on any atom is -0.465 e. The van der Waals surface area contributed by atoms with Crippen molar-refractivity contribution in [2.45, 2.75) is 43.9 Å². The third-order valence-corrected chi connectivity index (χ3v) is 6.95. The first-order valence-electron chi connectivity index (χ1n) is 11.1. The van der Waals surface area contributed by atoms with Crippen LogP contribution in [0.1, 0.15) is 49.8 Å². The maximum atomic E-state index is 13.2. The Bertz CT molecular complexity index is 907. The van der Waals surface area contributed by atoms with Crippen molar-refractivity contribution >= 4 is 29.5 Å². The van der Waals surface area contributed by atoms with Crippen molar-refractivity contribution in [2.75, 3.05) is 19.6 Å². The Morgan fingerprint density at radius 2 is 1.84 bits per heavy atom. The van der Waals surface area contributed by atoms with Crippen LogP contribution < -0.4 is 5.32 Å². The Kier molecular flexibility index (Phi) is 6.81. The molecule has 0 atom stereocenters. The fraction of sp³-hybridized carbons (Fsp3) is 0.440. The first-order valence-corrected chi connectivity index (χ1v) is 11.5. The zero-order valence-corrected chi connectivity index (χ0v) is 18.4. The molecule has 2 amide bonds. The summed E-state index contributed by atoms with van der Waals surface area (Å²) in [6, 6.07) is 11.3. The quantitative estimate of drug-likeness (QED) is 0.655. The number of nitrogens with one attached hydrogen (secondary N) is 1. The second kappa shape index (κ2) is 9.73. The summed E-state index contributed by atoms with van der Waals surface area (Å²) in [5.41, 5.74) is 0.633. The van der Waals surface area contributed by atoms with Crippen molar-refractivity contribution in [3.8, 4) is 0 Å². The fourth-order valence-corrected chi connectivity index (χ4v) is 4.93. The van der Waals surface area contributed by atoms with Crippen LogP contribution in [0, 0.1) is 5.92 Å². The summed E-state index contributed by atoms with van der Waals surface area (Å²) in [4.78, 5) is 27.5. The number of carbonyl (C=O) groups is 2. The summed E-state index contributed by atoms with van der Waals surface area (Å²) < 4.78 is 5.23. The molecule has 5 nitrogen and oxygen atoms in total. The van der Waals surface area contributed by atoms with Crippen LogP contribution in [-0.2, 0) is 15.0 Å². The van der Waals surface area contributed by atoms with Gasteiger partial charge < -0.3 is 14.6 Å². The van der Waals surface area contributed by atoms with Crippen LogP contribution in [0.15, 0.2) is 53.2 Å². The van der Waals surface area contributed by atoms with E-state index in [1.165, 1.54) is 0 Å². The average molecular weight is 441 g/mol. The molecule has 2 aromatic rings. The molecule has 0 radical (unpaired) electrons. The van der Waals surface area contributed by atoms with Gasteiger partial charge in [0.05, 0.1) is 11.7 Å². The summed E-state index contributed by atoms with van der Waals surface area (Å²) >= 11 is 6.05. The SMILES string of the molecule is O=C(/C=C/c1ccco1)N1CCC(CNC(=O)C2(c3ccc(Cl)cc3)CCCC2)CC1. The Labute approximate surface area is 188 Å². The molecule has 1 aliphatic heterocycles. The molecule has 1 saturated carbocycles. The second-order valence-corrected chi connectivity index (χ2v) is 9.06. The van der Waals surface area contributed by atoms with Gasteiger partial charge in [-0.2, -0.15) is 0 Å². The predicted molar refractivity (Wildman–Crippen MR) is 122 cm³/mol. The van der Waals surface area contributed by atoms with Crippen LogP contribution in [0.5, 0.6) is 0 Å². The number of hydrogen-bond acceptors (Lipinski definition) is 3. The van der Waals surface area contributed by atoms with Crippen LogP contribution in [0.4, 0.5) is 0 Å². The van der Waals surface area contributed by atoms with Crippen molar-refractivity contribution in [2.24, 2.45) is 5.92 Å². The number of furan rings is 1. The molecule has 1 aromatic heterocycles. The fourth-order valence-electron chi connectivity index (χ4n) is 4.80. The number of benzene rings is 1. The lowest BCUT2D eigenvalue weighted by Crippen LogP contribution is -2.46. The van der Waals surface area contributed by atoms with E-state index in [1.54, 1.807) is 24.5 Å². The Hall–Kier alpha value is -2.53. The smallest absolute Gasteiger partial charge is 0.246 e. The maximum Gasteiger partial charge on any atom is 0.246 e. The molecule has 0 spiro atoms. The highest BCUT2D eigenvalue weighted by Gasteiger charge is 2.42. The second-order valence-electron chi connectivity index (χ2n) is 8.62. The molecule has 1 N–H and O–H groups in total. The lowest BCUT2D eigenvalue weighted by molar-refractivity contribution is -0.129. The summed E-state index contributed by atoms with van der Waals surface area (Å²) in [5.74, 6) is 1.21. The molecule has 0 unspecified atom stereocenters. The van der Waals surface area contributed by atoms with Crippen molar-refractivity contribution in [3.63, 3.8) is 0 Å². The zero-order valence-electron chi connectivity index (χ0n) is 17.7. The minimum atomic E-state index is -0.433. The van der Waals surface area contributed by atoms with E-state index >= 15 is 0 Å². The topological polar surface area (TPSA) is 62.6 Å². The van der Waals surface area contributed by atoms with E-state index in [0.29, 0.717) is 36.3 Å². The Balaban J connectivity index is 1.28. The molecular formula is C25H29ClN2O3. The zero-order chi connectivity index (χ0) is 21.7. The standard InChI is InChI=1S/C25H29ClN2O3/c26-21-7-5-20(6-8-21)25(13-1-2-14-25)24(30)27-18-19-11-15-28(16-12-19)23(29)10-9-22-4-3-17-31-22/h3-10,17,19H,1-2,11-16,18H2,(H,27,30)/b10-9+. The van der Waals surface area contributed by atoms with E-state index in [0.717, 1.165) is 44.1 Å². The highest BCUT2D eigenvalue weighted by molar-refractivity contribution is 6.30. The molecule has 1 aliphatic carbocycles. The van der Waals surface area contributed by atoms with Gasteiger partial charge in [0.25, 0.3) is 0 Å². The van der Waals surface area contributed by atoms with Gasteiger partial charge in [0.15, 0.2) is 0 Å². The minimum absolute atomic E-state index is 0.00605. The molecule has 4 rings (SSSR count). The Morgan fingerprint density at radius 3 is 2.48 bits per heavy atom. The van der Waals surface area contributed by atoms with E-state index in [9.17, 15) is 9.59 Å². The number of hydrogen-bond donors (Lipinski definition) is 1. The average Bonchev–Trinajstić information content (AvgIpc) is 3.49. The maximum absolute atomic E-state index is 13.2. The van der Waals surface area contributed by atoms with Crippen molar-refractivity contribution in [3.05, 3.63) is 65.1 Å². The van der Waals surface area contributed by atoms with Gasteiger partial charge in [-0.1, -0.05) is 36.6 Å². The largest absolute Gasteiger partial charge is 0.465 e. The van der Waals surface area contributed by atoms with Gasteiger partial charge in [0, 0.05) is 30.7 Å². The van der Waals surface area contributed by atoms with Crippen LogP contribution >= 0.6 is 11.6 Å². The van der Waals surface area contributed by atoms with Crippen LogP contribution in [0.3, 0.4) is 0 Å². The molecular weight excluding hydrogens is 412 g/mol. The van der Waals surface area contributed by atoms with E-state index in [1.807, 2.05) is 35.2 Å². The van der Waals surface area contributed by atoms with Crippen LogP contribution in [-0.4, -0.2) is 36.3 Å². The molecule has 2 heterocycles. The molecule has 1 saturated heterocycles. The van der Waals surface area contributed by atoms with E-state index < -0.39 is 5.41 Å². The van der Waals surface area contributed by atoms with Gasteiger partial charge in [0.2, 0.25) is 11.8 Å². The van der Waals surface area contributed by atoms with Gasteiger partial charge >= 0.3 is 0 Å². The summed E-state index contributed by atoms with van der Waals surface area (Å²) in [6.45, 7) is 2.09. The third kappa shape index (κ3) is 5.04. The lowest BCUT2D eigenvalue weighted by atomic mass is 9.78. The van der Waals surface area contributed by atoms with Gasteiger partial charge in [-0.15, -0.1) is 0 Å². The van der Waals surface area contributed by atoms with Crippen LogP contribution in [0.2, 0.25) is 5.02 Å². The predicted octanol–water partition coefficient (Wildman–Crippen LogP) is 4.81. The molecule has 2 fully saturated rings. The molecule has 2 aliphatic rings. The summed E-state index contributed by atoms with van der Waals surface area (Å²) in [5, 5.41) is 3.93. The molecule has 6 heteroatoms. The first kappa shape index (κ1) is 21.7. The summed E-state index contributed by atoms with van der Waals surface area (Å²) in [7, 11) is 0. The number of amides is 2. The van der Waals surface area contributed by atoms with Crippen molar-refractivity contribution < 1.29 is 14.0 Å². The van der Waals surface area contributed by atoms with Crippen LogP contribution in [0.25, 0.3) is 6.08 Å². The number of halogens is 1.